The lowest BCUT2D eigenvalue weighted by Crippen LogP contribution is -2.52. The minimum Gasteiger partial charge on any atom is -0.346 e. The van der Waals surface area contributed by atoms with Crippen LogP contribution in [0.3, 0.4) is 0 Å². The molecule has 0 saturated carbocycles. The zero-order valence-corrected chi connectivity index (χ0v) is 17.2. The maximum atomic E-state index is 14.6. The van der Waals surface area contributed by atoms with E-state index in [0.717, 1.165) is 12.1 Å². The summed E-state index contributed by atoms with van der Waals surface area (Å²) in [4.78, 5) is 50.0. The van der Waals surface area contributed by atoms with Crippen molar-refractivity contribution in [2.24, 2.45) is 0 Å². The highest BCUT2D eigenvalue weighted by Gasteiger charge is 2.41. The monoisotopic (exact) mass is 463 g/mol. The number of carbonyl (C=O) groups excluding carboxylic acids is 4. The van der Waals surface area contributed by atoms with Crippen molar-refractivity contribution in [2.45, 2.75) is 37.9 Å². The van der Waals surface area contributed by atoms with Gasteiger partial charge in [0.1, 0.15) is 6.04 Å². The van der Waals surface area contributed by atoms with Crippen LogP contribution >= 0.6 is 11.6 Å². The van der Waals surface area contributed by atoms with Crippen LogP contribution in [0, 0.1) is 0 Å². The van der Waals surface area contributed by atoms with Crippen LogP contribution in [-0.4, -0.2) is 34.6 Å². The van der Waals surface area contributed by atoms with E-state index in [1.165, 1.54) is 35.2 Å². The van der Waals surface area contributed by atoms with Crippen LogP contribution < -0.4 is 10.6 Å². The van der Waals surface area contributed by atoms with Gasteiger partial charge in [-0.2, -0.15) is 8.78 Å². The van der Waals surface area contributed by atoms with Crippen molar-refractivity contribution in [1.82, 2.24) is 15.5 Å². The van der Waals surface area contributed by atoms with Crippen molar-refractivity contribution < 1.29 is 30.7 Å². The summed E-state index contributed by atoms with van der Waals surface area (Å²) >= 11 is 5.70. The van der Waals surface area contributed by atoms with Crippen molar-refractivity contribution in [2.75, 3.05) is 0 Å². The molecule has 4 amide bonds. The van der Waals surface area contributed by atoms with Crippen LogP contribution in [0.15, 0.2) is 42.5 Å². The Morgan fingerprint density at radius 1 is 1.25 bits per heavy atom. The lowest BCUT2D eigenvalue weighted by molar-refractivity contribution is -0.147. The fraction of sp³-hybridized carbons (Fsp3) is 0.273. The minimum absolute atomic E-state index is 0.0312. The standard InChI is InChI=1S/C22H18ClF2N3O4/c23-15-4-2-14(3-5-15)22(24,25)21(32)26-10-12-1-6-16-13(9-12)11-28(20(16)31)17-7-8-18(29)27-19(17)30/h1-6,9,17H,7-8,10-11H2,(H,26,32)(H,27,29,30)/i7D/hD. The Balaban J connectivity index is 1.49. The zero-order valence-electron chi connectivity index (χ0n) is 18.5. The Morgan fingerprint density at radius 2 is 1.97 bits per heavy atom. The molecule has 2 aliphatic heterocycles. The van der Waals surface area contributed by atoms with Crippen molar-refractivity contribution in [1.29, 1.82) is 0 Å². The summed E-state index contributed by atoms with van der Waals surface area (Å²) < 4.78 is 45.1. The number of rotatable bonds is 5. The summed E-state index contributed by atoms with van der Waals surface area (Å²) in [7, 11) is 0. The predicted molar refractivity (Wildman–Crippen MR) is 110 cm³/mol. The maximum Gasteiger partial charge on any atom is 0.349 e. The summed E-state index contributed by atoms with van der Waals surface area (Å²) in [6, 6.07) is 7.67. The summed E-state index contributed by atoms with van der Waals surface area (Å²) in [6.45, 7) is -0.500. The molecular formula is C22H18ClF2N3O4. The number of nitrogens with zero attached hydrogens (tertiary/aromatic N) is 1. The number of amides is 4. The van der Waals surface area contributed by atoms with E-state index in [1.807, 2.05) is 0 Å². The SMILES string of the molecule is [2H]C1CC(=O)NC(=O)C1N1Cc2cc(CN([2H])C(=O)C(F)(F)c3ccc(Cl)cc3)ccc2C1=O. The molecule has 4 rings (SSSR count). The van der Waals surface area contributed by atoms with Gasteiger partial charge in [0.25, 0.3) is 11.8 Å². The van der Waals surface area contributed by atoms with E-state index in [2.05, 4.69) is 5.32 Å². The molecule has 1 saturated heterocycles. The van der Waals surface area contributed by atoms with E-state index in [9.17, 15) is 28.0 Å². The fourth-order valence-corrected chi connectivity index (χ4v) is 3.75. The molecule has 0 bridgehead atoms. The van der Waals surface area contributed by atoms with E-state index in [1.54, 1.807) is 0 Å². The number of fused-ring (bicyclic) bond motifs is 1. The van der Waals surface area contributed by atoms with Gasteiger partial charge in [-0.1, -0.05) is 35.9 Å². The Morgan fingerprint density at radius 3 is 2.66 bits per heavy atom. The average molecular weight is 464 g/mol. The molecule has 2 unspecified atom stereocenters. The molecule has 0 aliphatic carbocycles. The Labute approximate surface area is 189 Å². The van der Waals surface area contributed by atoms with Gasteiger partial charge in [-0.05, 0) is 35.7 Å². The summed E-state index contributed by atoms with van der Waals surface area (Å²) in [6.07, 6.45) is -1.34. The number of carbonyl (C=O) groups is 4. The first-order valence-corrected chi connectivity index (χ1v) is 10.00. The molecule has 7 nitrogen and oxygen atoms in total. The summed E-state index contributed by atoms with van der Waals surface area (Å²) in [5.41, 5.74) is 0.456. The van der Waals surface area contributed by atoms with Gasteiger partial charge in [0.2, 0.25) is 11.8 Å². The van der Waals surface area contributed by atoms with Crippen LogP contribution in [0.5, 0.6) is 0 Å². The first-order chi connectivity index (χ1) is 16.0. The molecule has 166 valence electrons. The van der Waals surface area contributed by atoms with Gasteiger partial charge in [-0.25, -0.2) is 0 Å². The maximum absolute atomic E-state index is 14.6. The predicted octanol–water partition coefficient (Wildman–Crippen LogP) is 2.51. The van der Waals surface area contributed by atoms with Crippen LogP contribution in [0.25, 0.3) is 0 Å². The summed E-state index contributed by atoms with van der Waals surface area (Å²) in [5.74, 6) is -7.48. The zero-order chi connectivity index (χ0) is 24.8. The summed E-state index contributed by atoms with van der Waals surface area (Å²) in [5, 5.41) is 2.50. The number of benzene rings is 2. The van der Waals surface area contributed by atoms with Crippen LogP contribution in [0.4, 0.5) is 8.78 Å². The molecule has 0 radical (unpaired) electrons. The van der Waals surface area contributed by atoms with E-state index in [-0.39, 0.29) is 28.9 Å². The lowest BCUT2D eigenvalue weighted by Gasteiger charge is -2.29. The highest BCUT2D eigenvalue weighted by Crippen LogP contribution is 2.30. The number of hydrogen-bond donors (Lipinski definition) is 2. The van der Waals surface area contributed by atoms with Crippen LogP contribution in [0.1, 0.15) is 41.2 Å². The van der Waals surface area contributed by atoms with Crippen LogP contribution in [0.2, 0.25) is 6.43 Å². The first-order valence-electron chi connectivity index (χ1n) is 10.6. The second kappa shape index (κ2) is 8.31. The van der Waals surface area contributed by atoms with Crippen molar-refractivity contribution in [3.63, 3.8) is 0 Å². The van der Waals surface area contributed by atoms with Gasteiger partial charge in [0.15, 0.2) is 1.41 Å². The molecule has 0 spiro atoms. The fourth-order valence-electron chi connectivity index (χ4n) is 3.62. The number of nitrogens with one attached hydrogen (secondary N) is 2. The Kier molecular flexibility index (Phi) is 5.03. The lowest BCUT2D eigenvalue weighted by atomic mass is 10.0. The van der Waals surface area contributed by atoms with E-state index in [0.29, 0.717) is 11.1 Å². The smallest absolute Gasteiger partial charge is 0.346 e. The molecule has 0 aromatic heterocycles. The Hall–Kier alpha value is -3.33. The number of imide groups is 1. The van der Waals surface area contributed by atoms with Gasteiger partial charge < -0.3 is 10.2 Å². The third-order valence-electron chi connectivity index (χ3n) is 5.28. The molecule has 2 aromatic carbocycles. The van der Waals surface area contributed by atoms with Gasteiger partial charge in [0, 0.05) is 37.0 Å². The molecule has 2 aromatic rings. The number of alkyl halides is 2. The molecule has 32 heavy (non-hydrogen) atoms. The highest BCUT2D eigenvalue weighted by molar-refractivity contribution is 6.30. The van der Waals surface area contributed by atoms with Gasteiger partial charge in [-0.3, -0.25) is 24.5 Å². The minimum atomic E-state index is -3.94. The Bertz CT molecular complexity index is 1200. The first kappa shape index (κ1) is 19.4. The van der Waals surface area contributed by atoms with Crippen molar-refractivity contribution in [3.05, 3.63) is 69.7 Å². The molecular weight excluding hydrogens is 444 g/mol. The molecule has 10 heteroatoms. The van der Waals surface area contributed by atoms with E-state index < -0.39 is 54.1 Å². The van der Waals surface area contributed by atoms with Crippen LogP contribution in [-0.2, 0) is 33.4 Å². The van der Waals surface area contributed by atoms with Gasteiger partial charge in [0.05, 0.1) is 0 Å². The second-order valence-electron chi connectivity index (χ2n) is 7.42. The molecule has 2 aliphatic rings. The molecule has 1 fully saturated rings. The van der Waals surface area contributed by atoms with Gasteiger partial charge >= 0.3 is 5.92 Å². The molecule has 2 heterocycles. The number of hydrogen-bond acceptors (Lipinski definition) is 4. The van der Waals surface area contributed by atoms with E-state index in [4.69, 9.17) is 14.4 Å². The third kappa shape index (κ3) is 4.08. The normalized spacial score (nSPS) is 21.6. The molecule has 2 atom stereocenters. The number of halogens is 3. The topological polar surface area (TPSA) is 95.6 Å². The number of piperidine rings is 1. The van der Waals surface area contributed by atoms with Crippen molar-refractivity contribution >= 4 is 35.2 Å². The second-order valence-corrected chi connectivity index (χ2v) is 7.86. The largest absolute Gasteiger partial charge is 0.349 e. The highest BCUT2D eigenvalue weighted by atomic mass is 35.5. The quantitative estimate of drug-likeness (QED) is 0.666. The van der Waals surface area contributed by atoms with Gasteiger partial charge in [-0.15, -0.1) is 0 Å². The van der Waals surface area contributed by atoms with E-state index >= 15 is 0 Å². The third-order valence-corrected chi connectivity index (χ3v) is 5.53. The van der Waals surface area contributed by atoms with Crippen molar-refractivity contribution in [3.8, 4) is 0 Å². The average Bonchev–Trinajstić information content (AvgIpc) is 3.08. The molecule has 2 N–H and O–H groups in total.